The average molecular weight is 483 g/mol. The number of methoxy groups -OCH3 is 1. The van der Waals surface area contributed by atoms with Gasteiger partial charge in [0.25, 0.3) is 5.91 Å². The molecule has 0 atom stereocenters. The Kier molecular flexibility index (Phi) is 6.95. The number of halogens is 3. The number of hydrogen-bond acceptors (Lipinski definition) is 3. The van der Waals surface area contributed by atoms with Crippen LogP contribution in [0.1, 0.15) is 27.9 Å². The first-order valence-corrected chi connectivity index (χ1v) is 11.0. The Hall–Kier alpha value is -4.01. The van der Waals surface area contributed by atoms with Gasteiger partial charge in [0.05, 0.1) is 12.7 Å². The third-order valence-electron chi connectivity index (χ3n) is 5.69. The highest BCUT2D eigenvalue weighted by Gasteiger charge is 2.31. The largest absolute Gasteiger partial charge is 0.497 e. The zero-order valence-corrected chi connectivity index (χ0v) is 19.0. The first-order chi connectivity index (χ1) is 16.7. The van der Waals surface area contributed by atoms with Crippen LogP contribution in [0.5, 0.6) is 5.75 Å². The van der Waals surface area contributed by atoms with Gasteiger partial charge >= 0.3 is 12.2 Å². The van der Waals surface area contributed by atoms with Gasteiger partial charge in [0.1, 0.15) is 5.75 Å². The van der Waals surface area contributed by atoms with Crippen LogP contribution in [0, 0.1) is 0 Å². The molecule has 35 heavy (non-hydrogen) atoms. The summed E-state index contributed by atoms with van der Waals surface area (Å²) in [6, 6.07) is 18.3. The van der Waals surface area contributed by atoms with Gasteiger partial charge in [-0.2, -0.15) is 13.2 Å². The van der Waals surface area contributed by atoms with Gasteiger partial charge < -0.3 is 15.0 Å². The molecule has 3 aromatic rings. The van der Waals surface area contributed by atoms with Crippen LogP contribution in [0.15, 0.2) is 72.8 Å². The van der Waals surface area contributed by atoms with Crippen molar-refractivity contribution >= 4 is 23.3 Å². The summed E-state index contributed by atoms with van der Waals surface area (Å²) < 4.78 is 44.2. The van der Waals surface area contributed by atoms with Crippen molar-refractivity contribution < 1.29 is 27.5 Å². The Morgan fingerprint density at radius 2 is 1.77 bits per heavy atom. The number of carbonyl (C=O) groups is 2. The number of hydrogen-bond donors (Lipinski definition) is 1. The molecule has 0 spiro atoms. The number of amides is 3. The number of carbonyl (C=O) groups excluding carboxylic acids is 2. The van der Waals surface area contributed by atoms with Crippen LogP contribution < -0.4 is 15.0 Å². The molecular formula is C26H24F3N3O3. The summed E-state index contributed by atoms with van der Waals surface area (Å²) in [5, 5.41) is 2.62. The second-order valence-electron chi connectivity index (χ2n) is 8.14. The molecule has 182 valence electrons. The van der Waals surface area contributed by atoms with E-state index >= 15 is 0 Å². The lowest BCUT2D eigenvalue weighted by atomic mass is 10.1. The highest BCUT2D eigenvalue weighted by Crippen LogP contribution is 2.30. The SMILES string of the molecule is COc1cccc(CN2CCCN(c3cccc(NC(=O)c4cccc(C(F)(F)F)c4)c3)C2=O)c1. The van der Waals surface area contributed by atoms with Crippen LogP contribution in [-0.4, -0.2) is 37.0 Å². The highest BCUT2D eigenvalue weighted by atomic mass is 19.4. The van der Waals surface area contributed by atoms with E-state index in [2.05, 4.69) is 5.32 Å². The molecule has 0 aliphatic carbocycles. The minimum atomic E-state index is -4.54. The fourth-order valence-electron chi connectivity index (χ4n) is 3.95. The van der Waals surface area contributed by atoms with Crippen molar-refractivity contribution in [2.24, 2.45) is 0 Å². The normalized spacial score (nSPS) is 14.1. The van der Waals surface area contributed by atoms with Gasteiger partial charge in [-0.3, -0.25) is 9.69 Å². The van der Waals surface area contributed by atoms with E-state index in [1.807, 2.05) is 24.3 Å². The first-order valence-electron chi connectivity index (χ1n) is 11.0. The van der Waals surface area contributed by atoms with Crippen molar-refractivity contribution in [1.82, 2.24) is 4.90 Å². The number of nitrogens with zero attached hydrogens (tertiary/aromatic N) is 2. The summed E-state index contributed by atoms with van der Waals surface area (Å²) in [5.74, 6) is 0.0471. The Labute approximate surface area is 200 Å². The molecule has 4 rings (SSSR count). The van der Waals surface area contributed by atoms with Crippen molar-refractivity contribution in [1.29, 1.82) is 0 Å². The standard InChI is InChI=1S/C26H24F3N3O3/c1-35-23-11-2-6-18(14-23)17-31-12-5-13-32(25(31)34)22-10-4-9-21(16-22)30-24(33)19-7-3-8-20(15-19)26(27,28)29/h2-4,6-11,14-16H,5,12-13,17H2,1H3,(H,30,33). The van der Waals surface area contributed by atoms with E-state index in [9.17, 15) is 22.8 Å². The highest BCUT2D eigenvalue weighted by molar-refractivity contribution is 6.05. The molecule has 0 radical (unpaired) electrons. The molecule has 9 heteroatoms. The van der Waals surface area contributed by atoms with Crippen LogP contribution in [0.25, 0.3) is 0 Å². The van der Waals surface area contributed by atoms with E-state index in [0.29, 0.717) is 36.8 Å². The fraction of sp³-hybridized carbons (Fsp3) is 0.231. The summed E-state index contributed by atoms with van der Waals surface area (Å²) in [5.41, 5.74) is 0.911. The van der Waals surface area contributed by atoms with Crippen LogP contribution in [0.2, 0.25) is 0 Å². The molecule has 1 fully saturated rings. The lowest BCUT2D eigenvalue weighted by Crippen LogP contribution is -2.49. The smallest absolute Gasteiger partial charge is 0.416 e. The van der Waals surface area contributed by atoms with Gasteiger partial charge in [-0.25, -0.2) is 4.79 Å². The molecule has 1 saturated heterocycles. The van der Waals surface area contributed by atoms with Crippen LogP contribution in [0.3, 0.4) is 0 Å². The summed E-state index contributed by atoms with van der Waals surface area (Å²) >= 11 is 0. The molecule has 1 N–H and O–H groups in total. The second-order valence-corrected chi connectivity index (χ2v) is 8.14. The maximum Gasteiger partial charge on any atom is 0.416 e. The minimum Gasteiger partial charge on any atom is -0.497 e. The first kappa shape index (κ1) is 24.1. The number of nitrogens with one attached hydrogen (secondary N) is 1. The molecule has 3 amide bonds. The maximum atomic E-state index is 13.2. The van der Waals surface area contributed by atoms with Crippen LogP contribution in [0.4, 0.5) is 29.3 Å². The number of ether oxygens (including phenoxy) is 1. The number of anilines is 2. The Balaban J connectivity index is 1.48. The number of alkyl halides is 3. The van der Waals surface area contributed by atoms with Crippen molar-refractivity contribution in [2.75, 3.05) is 30.4 Å². The van der Waals surface area contributed by atoms with Crippen molar-refractivity contribution in [2.45, 2.75) is 19.1 Å². The predicted molar refractivity (Wildman–Crippen MR) is 127 cm³/mol. The maximum absolute atomic E-state index is 13.2. The Morgan fingerprint density at radius 1 is 1.00 bits per heavy atom. The predicted octanol–water partition coefficient (Wildman–Crippen LogP) is 5.80. The monoisotopic (exact) mass is 483 g/mol. The number of benzene rings is 3. The van der Waals surface area contributed by atoms with E-state index in [1.165, 1.54) is 12.1 Å². The molecule has 6 nitrogen and oxygen atoms in total. The van der Waals surface area contributed by atoms with Gasteiger partial charge in [0.15, 0.2) is 0 Å². The Bertz CT molecular complexity index is 1230. The second kappa shape index (κ2) is 10.1. The molecule has 1 aliphatic rings. The van der Waals surface area contributed by atoms with E-state index in [4.69, 9.17) is 4.74 Å². The zero-order valence-electron chi connectivity index (χ0n) is 19.0. The summed E-state index contributed by atoms with van der Waals surface area (Å²) in [6.45, 7) is 1.55. The molecular weight excluding hydrogens is 459 g/mol. The third kappa shape index (κ3) is 5.74. The molecule has 0 unspecified atom stereocenters. The van der Waals surface area contributed by atoms with Gasteiger partial charge in [-0.05, 0) is 60.5 Å². The molecule has 3 aromatic carbocycles. The quantitative estimate of drug-likeness (QED) is 0.482. The zero-order chi connectivity index (χ0) is 25.0. The summed E-state index contributed by atoms with van der Waals surface area (Å²) in [6.07, 6.45) is -3.78. The number of rotatable bonds is 6. The molecule has 0 bridgehead atoms. The third-order valence-corrected chi connectivity index (χ3v) is 5.69. The minimum absolute atomic E-state index is 0.108. The van der Waals surface area contributed by atoms with Crippen molar-refractivity contribution in [3.63, 3.8) is 0 Å². The van der Waals surface area contributed by atoms with Gasteiger partial charge in [-0.1, -0.05) is 24.3 Å². The van der Waals surface area contributed by atoms with Crippen LogP contribution in [-0.2, 0) is 12.7 Å². The number of urea groups is 1. The van der Waals surface area contributed by atoms with Crippen LogP contribution >= 0.6 is 0 Å². The molecule has 1 aliphatic heterocycles. The molecule has 0 aromatic heterocycles. The van der Waals surface area contributed by atoms with E-state index in [0.717, 1.165) is 24.1 Å². The van der Waals surface area contributed by atoms with E-state index in [-0.39, 0.29) is 11.6 Å². The van der Waals surface area contributed by atoms with E-state index in [1.54, 1.807) is 41.2 Å². The molecule has 0 saturated carbocycles. The Morgan fingerprint density at radius 3 is 2.54 bits per heavy atom. The van der Waals surface area contributed by atoms with Crippen molar-refractivity contribution in [3.8, 4) is 5.75 Å². The van der Waals surface area contributed by atoms with Gasteiger partial charge in [-0.15, -0.1) is 0 Å². The van der Waals surface area contributed by atoms with Gasteiger partial charge in [0.2, 0.25) is 0 Å². The van der Waals surface area contributed by atoms with E-state index < -0.39 is 17.6 Å². The summed E-state index contributed by atoms with van der Waals surface area (Å²) in [7, 11) is 1.59. The lowest BCUT2D eigenvalue weighted by Gasteiger charge is -2.36. The lowest BCUT2D eigenvalue weighted by molar-refractivity contribution is -0.137. The summed E-state index contributed by atoms with van der Waals surface area (Å²) in [4.78, 5) is 29.1. The fourth-order valence-corrected chi connectivity index (χ4v) is 3.95. The van der Waals surface area contributed by atoms with Crippen molar-refractivity contribution in [3.05, 3.63) is 89.5 Å². The average Bonchev–Trinajstić information content (AvgIpc) is 2.85. The topological polar surface area (TPSA) is 61.9 Å². The van der Waals surface area contributed by atoms with Gasteiger partial charge in [0, 0.05) is 36.6 Å². The molecule has 1 heterocycles.